The van der Waals surface area contributed by atoms with E-state index in [-0.39, 0.29) is 0 Å². The number of hydrogen-bond donors (Lipinski definition) is 1. The number of aryl methyl sites for hydroxylation is 1. The van der Waals surface area contributed by atoms with Crippen LogP contribution in [0.5, 0.6) is 5.75 Å². The Kier molecular flexibility index (Phi) is 6.14. The number of rotatable bonds is 6. The first kappa shape index (κ1) is 17.7. The Hall–Kier alpha value is -2.60. The average Bonchev–Trinajstić information content (AvgIpc) is 3.06. The Balaban J connectivity index is 1.94. The highest BCUT2D eigenvalue weighted by Crippen LogP contribution is 2.25. The molecular formula is C18H19NO4S. The van der Waals surface area contributed by atoms with Gasteiger partial charge in [-0.2, -0.15) is 11.3 Å². The Labute approximate surface area is 144 Å². The zero-order chi connectivity index (χ0) is 17.5. The van der Waals surface area contributed by atoms with E-state index in [0.29, 0.717) is 11.4 Å². The van der Waals surface area contributed by atoms with Crippen molar-refractivity contribution >= 4 is 35.0 Å². The summed E-state index contributed by atoms with van der Waals surface area (Å²) in [5.41, 5.74) is 2.44. The van der Waals surface area contributed by atoms with Crippen molar-refractivity contribution in [1.29, 1.82) is 0 Å². The van der Waals surface area contributed by atoms with Gasteiger partial charge in [-0.15, -0.1) is 0 Å². The number of thiophene rings is 1. The van der Waals surface area contributed by atoms with Crippen LogP contribution in [0.2, 0.25) is 0 Å². The van der Waals surface area contributed by atoms with E-state index in [0.717, 1.165) is 11.1 Å². The fourth-order valence-electron chi connectivity index (χ4n) is 1.95. The summed E-state index contributed by atoms with van der Waals surface area (Å²) in [6.07, 6.45) is 2.03. The predicted octanol–water partition coefficient (Wildman–Crippen LogP) is 3.65. The molecule has 0 radical (unpaired) electrons. The maximum atomic E-state index is 12.2. The number of amides is 1. The van der Waals surface area contributed by atoms with Crippen molar-refractivity contribution in [3.05, 3.63) is 52.2 Å². The molecule has 1 aromatic heterocycles. The average molecular weight is 345 g/mol. The van der Waals surface area contributed by atoms with E-state index in [1.165, 1.54) is 31.4 Å². The number of hydrogen-bond acceptors (Lipinski definition) is 5. The molecule has 1 aromatic carbocycles. The number of methoxy groups -OCH3 is 1. The number of anilines is 1. The fourth-order valence-corrected chi connectivity index (χ4v) is 2.58. The molecule has 6 heteroatoms. The van der Waals surface area contributed by atoms with Gasteiger partial charge in [-0.05, 0) is 60.0 Å². The van der Waals surface area contributed by atoms with Gasteiger partial charge in [-0.3, -0.25) is 4.79 Å². The van der Waals surface area contributed by atoms with E-state index in [4.69, 9.17) is 9.47 Å². The van der Waals surface area contributed by atoms with Gasteiger partial charge in [-0.1, -0.05) is 6.07 Å². The Bertz CT molecular complexity index is 737. The summed E-state index contributed by atoms with van der Waals surface area (Å²) in [6, 6.07) is 7.33. The zero-order valence-corrected chi connectivity index (χ0v) is 14.6. The summed E-state index contributed by atoms with van der Waals surface area (Å²) in [5, 5.41) is 6.53. The molecule has 0 saturated heterocycles. The first-order valence-corrected chi connectivity index (χ1v) is 8.30. The lowest BCUT2D eigenvalue weighted by molar-refractivity contribution is -0.148. The first-order chi connectivity index (χ1) is 11.5. The van der Waals surface area contributed by atoms with Crippen LogP contribution in [0.15, 0.2) is 41.1 Å². The van der Waals surface area contributed by atoms with Crippen LogP contribution in [0.4, 0.5) is 5.69 Å². The lowest BCUT2D eigenvalue weighted by Gasteiger charge is -2.15. The molecule has 2 aromatic rings. The highest BCUT2D eigenvalue weighted by molar-refractivity contribution is 7.08. The van der Waals surface area contributed by atoms with Gasteiger partial charge in [0.05, 0.1) is 12.8 Å². The third-order valence-corrected chi connectivity index (χ3v) is 3.93. The van der Waals surface area contributed by atoms with Crippen LogP contribution in [0.1, 0.15) is 18.1 Å². The van der Waals surface area contributed by atoms with Crippen LogP contribution in [-0.4, -0.2) is 25.1 Å². The predicted molar refractivity (Wildman–Crippen MR) is 95.3 cm³/mol. The maximum Gasteiger partial charge on any atom is 0.331 e. The molecule has 24 heavy (non-hydrogen) atoms. The molecule has 1 amide bonds. The molecule has 0 saturated carbocycles. The molecule has 2 rings (SSSR count). The largest absolute Gasteiger partial charge is 0.495 e. The third kappa shape index (κ3) is 4.96. The number of carbonyl (C=O) groups excluding carboxylic acids is 2. The van der Waals surface area contributed by atoms with E-state index < -0.39 is 18.0 Å². The van der Waals surface area contributed by atoms with Crippen LogP contribution in [0, 0.1) is 6.92 Å². The smallest absolute Gasteiger partial charge is 0.331 e. The second kappa shape index (κ2) is 8.31. The highest BCUT2D eigenvalue weighted by Gasteiger charge is 2.18. The van der Waals surface area contributed by atoms with E-state index in [1.807, 2.05) is 29.8 Å². The minimum absolute atomic E-state index is 0.420. The molecule has 0 bridgehead atoms. The van der Waals surface area contributed by atoms with E-state index >= 15 is 0 Å². The lowest BCUT2D eigenvalue weighted by Crippen LogP contribution is -2.29. The molecule has 1 heterocycles. The number of carbonyl (C=O) groups is 2. The molecule has 0 fully saturated rings. The van der Waals surface area contributed by atoms with Gasteiger partial charge in [0.1, 0.15) is 5.75 Å². The van der Waals surface area contributed by atoms with E-state index in [1.54, 1.807) is 18.2 Å². The quantitative estimate of drug-likeness (QED) is 0.641. The summed E-state index contributed by atoms with van der Waals surface area (Å²) in [6.45, 7) is 3.43. The van der Waals surface area contributed by atoms with Gasteiger partial charge >= 0.3 is 5.97 Å². The summed E-state index contributed by atoms with van der Waals surface area (Å²) in [4.78, 5) is 24.0. The summed E-state index contributed by atoms with van der Waals surface area (Å²) in [5.74, 6) is -0.443. The van der Waals surface area contributed by atoms with Gasteiger partial charge in [0.2, 0.25) is 0 Å². The van der Waals surface area contributed by atoms with Crippen molar-refractivity contribution in [1.82, 2.24) is 0 Å². The van der Waals surface area contributed by atoms with Crippen LogP contribution in [0.25, 0.3) is 6.08 Å². The normalized spacial score (nSPS) is 12.0. The van der Waals surface area contributed by atoms with Gasteiger partial charge in [0.15, 0.2) is 6.10 Å². The molecule has 126 valence electrons. The minimum atomic E-state index is -0.921. The first-order valence-electron chi connectivity index (χ1n) is 7.36. The zero-order valence-electron chi connectivity index (χ0n) is 13.7. The summed E-state index contributed by atoms with van der Waals surface area (Å²) < 4.78 is 10.3. The van der Waals surface area contributed by atoms with Crippen molar-refractivity contribution in [2.75, 3.05) is 12.4 Å². The second-order valence-corrected chi connectivity index (χ2v) is 5.94. The van der Waals surface area contributed by atoms with Crippen LogP contribution in [0.3, 0.4) is 0 Å². The molecular weight excluding hydrogens is 326 g/mol. The van der Waals surface area contributed by atoms with Crippen LogP contribution >= 0.6 is 11.3 Å². The molecule has 1 atom stereocenters. The van der Waals surface area contributed by atoms with Crippen LogP contribution < -0.4 is 10.1 Å². The fraction of sp³-hybridized carbons (Fsp3) is 0.222. The third-order valence-electron chi connectivity index (χ3n) is 3.23. The van der Waals surface area contributed by atoms with Crippen LogP contribution in [-0.2, 0) is 14.3 Å². The lowest BCUT2D eigenvalue weighted by atomic mass is 10.2. The monoisotopic (exact) mass is 345 g/mol. The van der Waals surface area contributed by atoms with Crippen molar-refractivity contribution in [2.24, 2.45) is 0 Å². The molecule has 0 unspecified atom stereocenters. The summed E-state index contributed by atoms with van der Waals surface area (Å²) >= 11 is 1.54. The Morgan fingerprint density at radius 2 is 2.08 bits per heavy atom. The molecule has 0 spiro atoms. The van der Waals surface area contributed by atoms with E-state index in [2.05, 4.69) is 5.32 Å². The number of esters is 1. The number of benzene rings is 1. The highest BCUT2D eigenvalue weighted by atomic mass is 32.1. The van der Waals surface area contributed by atoms with Crippen molar-refractivity contribution in [2.45, 2.75) is 20.0 Å². The Morgan fingerprint density at radius 1 is 1.29 bits per heavy atom. The Morgan fingerprint density at radius 3 is 2.75 bits per heavy atom. The number of ether oxygens (including phenoxy) is 2. The van der Waals surface area contributed by atoms with Gasteiger partial charge in [0.25, 0.3) is 5.91 Å². The van der Waals surface area contributed by atoms with E-state index in [9.17, 15) is 9.59 Å². The molecule has 1 N–H and O–H groups in total. The molecule has 0 aliphatic heterocycles. The summed E-state index contributed by atoms with van der Waals surface area (Å²) in [7, 11) is 1.53. The topological polar surface area (TPSA) is 64.6 Å². The maximum absolute atomic E-state index is 12.2. The van der Waals surface area contributed by atoms with Gasteiger partial charge in [0, 0.05) is 6.08 Å². The van der Waals surface area contributed by atoms with Gasteiger partial charge in [-0.25, -0.2) is 4.79 Å². The SMILES string of the molecule is COc1ccc(C)cc1NC(=O)[C@@H](C)OC(=O)/C=C/c1ccsc1. The number of nitrogens with one attached hydrogen (secondary N) is 1. The standard InChI is InChI=1S/C18H19NO4S/c1-12-4-6-16(22-3)15(10-12)19-18(21)13(2)23-17(20)7-5-14-8-9-24-11-14/h4-11,13H,1-3H3,(H,19,21)/b7-5+/t13-/m1/s1. The molecule has 0 aliphatic rings. The van der Waals surface area contributed by atoms with Crippen molar-refractivity contribution < 1.29 is 19.1 Å². The molecule has 0 aliphatic carbocycles. The van der Waals surface area contributed by atoms with Crippen molar-refractivity contribution in [3.8, 4) is 5.75 Å². The van der Waals surface area contributed by atoms with Crippen molar-refractivity contribution in [3.63, 3.8) is 0 Å². The van der Waals surface area contributed by atoms with Gasteiger partial charge < -0.3 is 14.8 Å². The second-order valence-electron chi connectivity index (χ2n) is 5.16. The molecule has 5 nitrogen and oxygen atoms in total. The minimum Gasteiger partial charge on any atom is -0.495 e.